The van der Waals surface area contributed by atoms with Gasteiger partial charge in [-0.3, -0.25) is 4.79 Å². The lowest BCUT2D eigenvalue weighted by atomic mass is 10.2. The number of halogens is 1. The van der Waals surface area contributed by atoms with Crippen LogP contribution < -0.4 is 0 Å². The van der Waals surface area contributed by atoms with Gasteiger partial charge in [-0.25, -0.2) is 4.52 Å². The van der Waals surface area contributed by atoms with Crippen molar-refractivity contribution in [3.05, 3.63) is 36.2 Å². The average Bonchev–Trinajstić information content (AvgIpc) is 2.70. The third-order valence-corrected chi connectivity index (χ3v) is 2.67. The normalized spacial score (nSPS) is 12.6. The van der Waals surface area contributed by atoms with Crippen molar-refractivity contribution in [1.82, 2.24) is 14.5 Å². The molecule has 1 unspecified atom stereocenters. The number of amides is 1. The summed E-state index contributed by atoms with van der Waals surface area (Å²) < 4.78 is 1.69. The molecule has 0 aromatic carbocycles. The molecule has 0 aliphatic rings. The van der Waals surface area contributed by atoms with Gasteiger partial charge >= 0.3 is 0 Å². The van der Waals surface area contributed by atoms with E-state index < -0.39 is 0 Å². The van der Waals surface area contributed by atoms with Crippen molar-refractivity contribution in [3.8, 4) is 0 Å². The zero-order valence-electron chi connectivity index (χ0n) is 9.80. The monoisotopic (exact) mass is 251 g/mol. The first-order valence-electron chi connectivity index (χ1n) is 5.41. The van der Waals surface area contributed by atoms with Crippen molar-refractivity contribution in [3.63, 3.8) is 0 Å². The first-order valence-corrected chi connectivity index (χ1v) is 5.85. The second-order valence-electron chi connectivity index (χ2n) is 4.06. The second kappa shape index (κ2) is 4.75. The van der Waals surface area contributed by atoms with Crippen molar-refractivity contribution in [2.24, 2.45) is 0 Å². The Morgan fingerprint density at radius 1 is 1.59 bits per heavy atom. The van der Waals surface area contributed by atoms with Crippen LogP contribution in [0, 0.1) is 0 Å². The van der Waals surface area contributed by atoms with Gasteiger partial charge in [0.2, 0.25) is 0 Å². The molecule has 4 nitrogen and oxygen atoms in total. The van der Waals surface area contributed by atoms with Crippen LogP contribution in [0.2, 0.25) is 0 Å². The third-order valence-electron chi connectivity index (χ3n) is 2.53. The maximum atomic E-state index is 12.2. The highest BCUT2D eigenvalue weighted by Gasteiger charge is 2.17. The fourth-order valence-corrected chi connectivity index (χ4v) is 1.97. The summed E-state index contributed by atoms with van der Waals surface area (Å²) in [5.74, 6) is -0.0568. The average molecular weight is 252 g/mol. The Labute approximate surface area is 105 Å². The van der Waals surface area contributed by atoms with Crippen LogP contribution in [0.3, 0.4) is 0 Å². The number of pyridine rings is 1. The summed E-state index contributed by atoms with van der Waals surface area (Å²) in [7, 11) is 1.74. The van der Waals surface area contributed by atoms with Gasteiger partial charge in [-0.2, -0.15) is 5.10 Å². The maximum absolute atomic E-state index is 12.2. The second-order valence-corrected chi connectivity index (χ2v) is 4.80. The van der Waals surface area contributed by atoms with Crippen LogP contribution in [0.4, 0.5) is 0 Å². The number of hydrogen-bond acceptors (Lipinski definition) is 2. The Hall–Kier alpha value is -1.55. The molecule has 1 atom stereocenters. The molecule has 0 bridgehead atoms. The van der Waals surface area contributed by atoms with Gasteiger partial charge in [0.25, 0.3) is 5.91 Å². The van der Waals surface area contributed by atoms with E-state index in [-0.39, 0.29) is 11.3 Å². The van der Waals surface area contributed by atoms with Crippen LogP contribution in [-0.4, -0.2) is 39.4 Å². The molecule has 17 heavy (non-hydrogen) atoms. The molecular formula is C12H14ClN3O. The lowest BCUT2D eigenvalue weighted by Crippen LogP contribution is -2.31. The van der Waals surface area contributed by atoms with Gasteiger partial charge in [-0.05, 0) is 19.1 Å². The van der Waals surface area contributed by atoms with E-state index in [1.54, 1.807) is 22.7 Å². The predicted octanol–water partition coefficient (Wildman–Crippen LogP) is 2.03. The summed E-state index contributed by atoms with van der Waals surface area (Å²) in [6.45, 7) is 2.38. The number of rotatable bonds is 3. The molecule has 2 aromatic rings. The Kier molecular flexibility index (Phi) is 3.33. The van der Waals surface area contributed by atoms with E-state index in [0.717, 1.165) is 5.52 Å². The molecule has 90 valence electrons. The largest absolute Gasteiger partial charge is 0.340 e. The summed E-state index contributed by atoms with van der Waals surface area (Å²) in [6, 6.07) is 5.63. The summed E-state index contributed by atoms with van der Waals surface area (Å²) in [5.41, 5.74) is 1.41. The Balaban J connectivity index is 2.30. The van der Waals surface area contributed by atoms with Crippen LogP contribution in [-0.2, 0) is 0 Å². The van der Waals surface area contributed by atoms with E-state index in [2.05, 4.69) is 5.10 Å². The first kappa shape index (κ1) is 11.9. The van der Waals surface area contributed by atoms with Crippen LogP contribution in [0.1, 0.15) is 17.3 Å². The van der Waals surface area contributed by atoms with E-state index in [1.165, 1.54) is 0 Å². The molecule has 2 heterocycles. The van der Waals surface area contributed by atoms with Gasteiger partial charge in [0, 0.05) is 25.2 Å². The van der Waals surface area contributed by atoms with E-state index in [4.69, 9.17) is 11.6 Å². The van der Waals surface area contributed by atoms with Crippen molar-refractivity contribution >= 4 is 23.0 Å². The Bertz CT molecular complexity index is 535. The van der Waals surface area contributed by atoms with Gasteiger partial charge in [-0.15, -0.1) is 11.6 Å². The molecule has 0 saturated heterocycles. The van der Waals surface area contributed by atoms with Crippen LogP contribution in [0.25, 0.3) is 5.52 Å². The smallest absolute Gasteiger partial charge is 0.257 e. The number of carbonyl (C=O) groups is 1. The maximum Gasteiger partial charge on any atom is 0.257 e. The highest BCUT2D eigenvalue weighted by Crippen LogP contribution is 2.12. The summed E-state index contributed by atoms with van der Waals surface area (Å²) in [6.07, 6.45) is 3.41. The Morgan fingerprint density at radius 3 is 3.06 bits per heavy atom. The van der Waals surface area contributed by atoms with Gasteiger partial charge in [0.05, 0.1) is 17.3 Å². The van der Waals surface area contributed by atoms with Crippen molar-refractivity contribution in [1.29, 1.82) is 0 Å². The van der Waals surface area contributed by atoms with Crippen LogP contribution in [0.5, 0.6) is 0 Å². The molecular weight excluding hydrogens is 238 g/mol. The van der Waals surface area contributed by atoms with Gasteiger partial charge < -0.3 is 4.90 Å². The minimum Gasteiger partial charge on any atom is -0.340 e. The molecule has 2 aromatic heterocycles. The highest BCUT2D eigenvalue weighted by molar-refractivity contribution is 6.20. The fraction of sp³-hybridized carbons (Fsp3) is 0.333. The lowest BCUT2D eigenvalue weighted by Gasteiger charge is -2.17. The molecule has 0 saturated carbocycles. The SMILES string of the molecule is CC(Cl)CN(C)C(=O)c1cnn2ccccc12. The van der Waals surface area contributed by atoms with Gasteiger partial charge in [-0.1, -0.05) is 6.07 Å². The zero-order valence-corrected chi connectivity index (χ0v) is 10.6. The number of hydrogen-bond donors (Lipinski definition) is 0. The minimum absolute atomic E-state index is 0.0568. The van der Waals surface area contributed by atoms with Crippen molar-refractivity contribution in [2.75, 3.05) is 13.6 Å². The molecule has 0 spiro atoms. The van der Waals surface area contributed by atoms with Crippen LogP contribution in [0.15, 0.2) is 30.6 Å². The molecule has 1 amide bonds. The third kappa shape index (κ3) is 2.42. The number of nitrogens with zero attached hydrogens (tertiary/aromatic N) is 3. The van der Waals surface area contributed by atoms with Crippen molar-refractivity contribution in [2.45, 2.75) is 12.3 Å². The molecule has 0 fully saturated rings. The fourth-order valence-electron chi connectivity index (χ4n) is 1.77. The molecule has 0 aliphatic carbocycles. The number of alkyl halides is 1. The highest BCUT2D eigenvalue weighted by atomic mass is 35.5. The summed E-state index contributed by atoms with van der Waals surface area (Å²) in [5, 5.41) is 4.07. The quantitative estimate of drug-likeness (QED) is 0.783. The van der Waals surface area contributed by atoms with Gasteiger partial charge in [0.15, 0.2) is 0 Å². The molecule has 0 N–H and O–H groups in total. The van der Waals surface area contributed by atoms with Crippen LogP contribution >= 0.6 is 11.6 Å². The number of aromatic nitrogens is 2. The van der Waals surface area contributed by atoms with Crippen molar-refractivity contribution < 1.29 is 4.79 Å². The zero-order chi connectivity index (χ0) is 12.4. The predicted molar refractivity (Wildman–Crippen MR) is 67.5 cm³/mol. The lowest BCUT2D eigenvalue weighted by molar-refractivity contribution is 0.0798. The van der Waals surface area contributed by atoms with Gasteiger partial charge in [0.1, 0.15) is 0 Å². The van der Waals surface area contributed by atoms with E-state index >= 15 is 0 Å². The minimum atomic E-state index is -0.0641. The molecule has 2 rings (SSSR count). The topological polar surface area (TPSA) is 37.6 Å². The van der Waals surface area contributed by atoms with E-state index in [1.807, 2.05) is 31.3 Å². The molecule has 0 radical (unpaired) electrons. The Morgan fingerprint density at radius 2 is 2.35 bits per heavy atom. The summed E-state index contributed by atoms with van der Waals surface area (Å²) in [4.78, 5) is 13.8. The van der Waals surface area contributed by atoms with E-state index in [0.29, 0.717) is 12.1 Å². The number of carbonyl (C=O) groups excluding carboxylic acids is 1. The molecule has 5 heteroatoms. The summed E-state index contributed by atoms with van der Waals surface area (Å²) >= 11 is 5.88. The number of fused-ring (bicyclic) bond motifs is 1. The first-order chi connectivity index (χ1) is 8.09. The standard InChI is InChI=1S/C12H14ClN3O/c1-9(13)8-15(2)12(17)10-7-14-16-6-4-3-5-11(10)16/h3-7,9H,8H2,1-2H3. The van der Waals surface area contributed by atoms with E-state index in [9.17, 15) is 4.79 Å². The molecule has 0 aliphatic heterocycles.